The highest BCUT2D eigenvalue weighted by atomic mass is 32.2. The van der Waals surface area contributed by atoms with Crippen molar-refractivity contribution in [2.45, 2.75) is 4.90 Å². The van der Waals surface area contributed by atoms with Crippen LogP contribution in [-0.4, -0.2) is 4.21 Å². The minimum Gasteiger partial charge on any atom is -0.399 e. The van der Waals surface area contributed by atoms with Gasteiger partial charge in [-0.1, -0.05) is 0 Å². The van der Waals surface area contributed by atoms with E-state index in [2.05, 4.69) is 5.48 Å². The van der Waals surface area contributed by atoms with Crippen molar-refractivity contribution in [2.75, 3.05) is 11.2 Å². The highest BCUT2D eigenvalue weighted by Crippen LogP contribution is 2.13. The first-order valence-electron chi connectivity index (χ1n) is 5.11. The van der Waals surface area contributed by atoms with E-state index in [1.165, 1.54) is 24.3 Å². The topological polar surface area (TPSA) is 64.4 Å². The van der Waals surface area contributed by atoms with E-state index in [0.29, 0.717) is 16.3 Å². The molecule has 2 aromatic carbocycles. The molecule has 6 heteroatoms. The lowest BCUT2D eigenvalue weighted by Gasteiger charge is -2.05. The Bertz CT molecular complexity index is 543. The number of nitrogens with one attached hydrogen (secondary N) is 1. The van der Waals surface area contributed by atoms with Gasteiger partial charge >= 0.3 is 0 Å². The highest BCUT2D eigenvalue weighted by Gasteiger charge is 2.04. The van der Waals surface area contributed by atoms with E-state index in [1.807, 2.05) is 0 Å². The summed E-state index contributed by atoms with van der Waals surface area (Å²) >= 11 is -1.66. The molecular formula is C12H11FN2O2S. The molecule has 0 saturated heterocycles. The van der Waals surface area contributed by atoms with Crippen LogP contribution in [0.2, 0.25) is 0 Å². The van der Waals surface area contributed by atoms with Crippen molar-refractivity contribution in [1.82, 2.24) is 0 Å². The molecule has 0 aliphatic rings. The monoisotopic (exact) mass is 266 g/mol. The number of nitrogen functional groups attached to an aromatic ring is 1. The van der Waals surface area contributed by atoms with Crippen molar-refractivity contribution >= 4 is 22.5 Å². The molecule has 0 aliphatic carbocycles. The van der Waals surface area contributed by atoms with E-state index in [-0.39, 0.29) is 5.82 Å². The lowest BCUT2D eigenvalue weighted by atomic mass is 10.3. The molecule has 0 spiro atoms. The number of halogens is 1. The Balaban J connectivity index is 1.96. The average Bonchev–Trinajstić information content (AvgIpc) is 2.38. The summed E-state index contributed by atoms with van der Waals surface area (Å²) in [6.45, 7) is 0. The van der Waals surface area contributed by atoms with Gasteiger partial charge in [0, 0.05) is 5.69 Å². The third kappa shape index (κ3) is 3.28. The van der Waals surface area contributed by atoms with Gasteiger partial charge in [-0.25, -0.2) is 8.60 Å². The molecule has 0 bridgehead atoms. The minimum absolute atomic E-state index is 0.347. The fourth-order valence-electron chi connectivity index (χ4n) is 1.23. The van der Waals surface area contributed by atoms with Gasteiger partial charge in [0.25, 0.3) is 0 Å². The van der Waals surface area contributed by atoms with Gasteiger partial charge < -0.3 is 5.73 Å². The summed E-state index contributed by atoms with van der Waals surface area (Å²) in [5.41, 5.74) is 9.10. The van der Waals surface area contributed by atoms with E-state index in [1.54, 1.807) is 24.3 Å². The largest absolute Gasteiger partial charge is 0.399 e. The Morgan fingerprint density at radius 2 is 1.67 bits per heavy atom. The molecule has 0 amide bonds. The number of benzene rings is 2. The molecule has 0 heterocycles. The van der Waals surface area contributed by atoms with E-state index >= 15 is 0 Å². The third-order valence-electron chi connectivity index (χ3n) is 2.15. The van der Waals surface area contributed by atoms with Crippen molar-refractivity contribution < 1.29 is 12.9 Å². The molecule has 0 fully saturated rings. The maximum atomic E-state index is 12.6. The molecule has 0 unspecified atom stereocenters. The van der Waals surface area contributed by atoms with Crippen LogP contribution in [0.5, 0.6) is 0 Å². The predicted octanol–water partition coefficient (Wildman–Crippen LogP) is 2.47. The summed E-state index contributed by atoms with van der Waals surface area (Å²) < 4.78 is 29.3. The minimum atomic E-state index is -1.66. The van der Waals surface area contributed by atoms with Gasteiger partial charge in [-0.2, -0.15) is 4.28 Å². The van der Waals surface area contributed by atoms with Crippen LogP contribution in [-0.2, 0) is 15.4 Å². The van der Waals surface area contributed by atoms with Crippen LogP contribution in [0, 0.1) is 5.82 Å². The summed E-state index contributed by atoms with van der Waals surface area (Å²) in [6, 6.07) is 12.0. The van der Waals surface area contributed by atoms with E-state index in [9.17, 15) is 8.60 Å². The predicted molar refractivity (Wildman–Crippen MR) is 68.4 cm³/mol. The molecule has 4 nitrogen and oxygen atoms in total. The van der Waals surface area contributed by atoms with Crippen LogP contribution in [0.4, 0.5) is 15.8 Å². The average molecular weight is 266 g/mol. The smallest absolute Gasteiger partial charge is 0.212 e. The Morgan fingerprint density at radius 1 is 1.06 bits per heavy atom. The molecule has 94 valence electrons. The zero-order valence-electron chi connectivity index (χ0n) is 9.30. The molecule has 0 radical (unpaired) electrons. The first kappa shape index (κ1) is 12.5. The molecule has 1 atom stereocenters. The van der Waals surface area contributed by atoms with Crippen molar-refractivity contribution in [3.05, 3.63) is 54.3 Å². The first-order chi connectivity index (χ1) is 8.65. The molecule has 2 rings (SSSR count). The molecule has 3 N–H and O–H groups in total. The zero-order chi connectivity index (χ0) is 13.0. The number of hydrogen-bond acceptors (Lipinski definition) is 4. The van der Waals surface area contributed by atoms with Gasteiger partial charge in [0.2, 0.25) is 11.1 Å². The first-order valence-corrected chi connectivity index (χ1v) is 6.19. The van der Waals surface area contributed by atoms with Gasteiger partial charge in [-0.15, -0.1) is 0 Å². The van der Waals surface area contributed by atoms with Gasteiger partial charge in [0.15, 0.2) is 0 Å². The SMILES string of the molecule is Nc1ccc([S@](=O)ONc2ccc(F)cc2)cc1. The second kappa shape index (κ2) is 5.61. The molecule has 0 saturated carbocycles. The fourth-order valence-corrected chi connectivity index (χ4v) is 1.86. The number of rotatable bonds is 4. The Morgan fingerprint density at radius 3 is 2.28 bits per heavy atom. The van der Waals surface area contributed by atoms with Crippen LogP contribution < -0.4 is 11.2 Å². The summed E-state index contributed by atoms with van der Waals surface area (Å²) in [6.07, 6.45) is 0. The van der Waals surface area contributed by atoms with Crippen molar-refractivity contribution in [1.29, 1.82) is 0 Å². The summed E-state index contributed by atoms with van der Waals surface area (Å²) in [7, 11) is 0. The van der Waals surface area contributed by atoms with E-state index in [4.69, 9.17) is 10.0 Å². The number of nitrogens with two attached hydrogens (primary N) is 1. The maximum absolute atomic E-state index is 12.6. The molecule has 0 aromatic heterocycles. The Labute approximate surface area is 106 Å². The van der Waals surface area contributed by atoms with Crippen LogP contribution in [0.3, 0.4) is 0 Å². The van der Waals surface area contributed by atoms with Crippen LogP contribution >= 0.6 is 0 Å². The highest BCUT2D eigenvalue weighted by molar-refractivity contribution is 7.80. The van der Waals surface area contributed by atoms with Crippen LogP contribution in [0.25, 0.3) is 0 Å². The second-order valence-corrected chi connectivity index (χ2v) is 4.60. The number of hydrogen-bond donors (Lipinski definition) is 2. The Hall–Kier alpha value is -1.92. The van der Waals surface area contributed by atoms with E-state index in [0.717, 1.165) is 0 Å². The third-order valence-corrected chi connectivity index (χ3v) is 3.04. The summed E-state index contributed by atoms with van der Waals surface area (Å²) in [5.74, 6) is -0.347. The van der Waals surface area contributed by atoms with Crippen LogP contribution in [0.15, 0.2) is 53.4 Å². The van der Waals surface area contributed by atoms with Gasteiger partial charge in [-0.3, -0.25) is 5.48 Å². The van der Waals surface area contributed by atoms with Gasteiger partial charge in [0.05, 0.1) is 10.6 Å². The quantitative estimate of drug-likeness (QED) is 0.659. The lowest BCUT2D eigenvalue weighted by molar-refractivity contribution is 0.436. The molecule has 0 aliphatic heterocycles. The second-order valence-electron chi connectivity index (χ2n) is 3.50. The van der Waals surface area contributed by atoms with Gasteiger partial charge in [-0.05, 0) is 48.5 Å². The van der Waals surface area contributed by atoms with Crippen molar-refractivity contribution in [3.8, 4) is 0 Å². The summed E-state index contributed by atoms with van der Waals surface area (Å²) in [5, 5.41) is 0. The lowest BCUT2D eigenvalue weighted by Crippen LogP contribution is -2.05. The van der Waals surface area contributed by atoms with Crippen LogP contribution in [0.1, 0.15) is 0 Å². The van der Waals surface area contributed by atoms with E-state index < -0.39 is 11.1 Å². The molecule has 2 aromatic rings. The standard InChI is InChI=1S/C12H11FN2O2S/c13-9-1-5-11(6-2-9)15-17-18(16)12-7-3-10(14)4-8-12/h1-8,15H,14H2/t18-/m1/s1. The summed E-state index contributed by atoms with van der Waals surface area (Å²) in [4.78, 5) is 0.485. The zero-order valence-corrected chi connectivity index (χ0v) is 10.1. The molecule has 18 heavy (non-hydrogen) atoms. The molecular weight excluding hydrogens is 255 g/mol. The van der Waals surface area contributed by atoms with Gasteiger partial charge in [0.1, 0.15) is 5.82 Å². The fraction of sp³-hybridized carbons (Fsp3) is 0. The Kier molecular flexibility index (Phi) is 3.91. The van der Waals surface area contributed by atoms with Crippen molar-refractivity contribution in [3.63, 3.8) is 0 Å². The number of anilines is 2. The van der Waals surface area contributed by atoms with Crippen molar-refractivity contribution in [2.24, 2.45) is 0 Å². The maximum Gasteiger partial charge on any atom is 0.212 e. The normalized spacial score (nSPS) is 12.1.